The fourth-order valence-electron chi connectivity index (χ4n) is 2.45. The van der Waals surface area contributed by atoms with Gasteiger partial charge >= 0.3 is 5.97 Å². The lowest BCUT2D eigenvalue weighted by atomic mass is 10.2. The summed E-state index contributed by atoms with van der Waals surface area (Å²) in [5.41, 5.74) is 1.02. The number of rotatable bonds is 8. The van der Waals surface area contributed by atoms with Crippen molar-refractivity contribution in [3.05, 3.63) is 53.6 Å². The number of ether oxygens (including phenoxy) is 2. The summed E-state index contributed by atoms with van der Waals surface area (Å²) in [5, 5.41) is 0. The fraction of sp³-hybridized carbons (Fsp3) is 0.316. The first kappa shape index (κ1) is 19.7. The maximum atomic E-state index is 12.5. The van der Waals surface area contributed by atoms with Crippen LogP contribution < -0.4 is 9.46 Å². The van der Waals surface area contributed by atoms with Crippen LogP contribution in [0.4, 0.5) is 0 Å². The van der Waals surface area contributed by atoms with Crippen LogP contribution in [0.5, 0.6) is 5.75 Å². The number of sulfonamides is 1. The first-order valence-electron chi connectivity index (χ1n) is 8.43. The molecule has 1 N–H and O–H groups in total. The Labute approximate surface area is 163 Å². The predicted octanol–water partition coefficient (Wildman–Crippen LogP) is 3.21. The molecule has 0 spiro atoms. The van der Waals surface area contributed by atoms with E-state index >= 15 is 0 Å². The Morgan fingerprint density at radius 2 is 1.89 bits per heavy atom. The van der Waals surface area contributed by atoms with Crippen LogP contribution in [0, 0.1) is 0 Å². The largest absolute Gasteiger partial charge is 0.495 e. The van der Waals surface area contributed by atoms with Crippen molar-refractivity contribution in [2.75, 3.05) is 13.4 Å². The monoisotopic (exact) mass is 407 g/mol. The van der Waals surface area contributed by atoms with Crippen molar-refractivity contribution in [2.45, 2.75) is 35.3 Å². The van der Waals surface area contributed by atoms with Gasteiger partial charge < -0.3 is 9.47 Å². The van der Waals surface area contributed by atoms with Gasteiger partial charge in [-0.3, -0.25) is 0 Å². The Hall–Kier alpha value is -2.03. The molecule has 144 valence electrons. The van der Waals surface area contributed by atoms with Crippen molar-refractivity contribution in [2.24, 2.45) is 0 Å². The average molecular weight is 408 g/mol. The SMILES string of the molecule is COc1ccc(C(=O)OCc2ccc(SC)cc2)cc1S(=O)(=O)NC1CC1. The molecule has 0 radical (unpaired) electrons. The topological polar surface area (TPSA) is 81.7 Å². The molecule has 0 aliphatic heterocycles. The van der Waals surface area contributed by atoms with Crippen molar-refractivity contribution in [1.82, 2.24) is 4.72 Å². The molecule has 8 heteroatoms. The Morgan fingerprint density at radius 3 is 2.48 bits per heavy atom. The number of carbonyl (C=O) groups excluding carboxylic acids is 1. The third-order valence-electron chi connectivity index (χ3n) is 4.12. The van der Waals surface area contributed by atoms with Crippen LogP contribution in [0.1, 0.15) is 28.8 Å². The van der Waals surface area contributed by atoms with Gasteiger partial charge in [0.05, 0.1) is 12.7 Å². The lowest BCUT2D eigenvalue weighted by Crippen LogP contribution is -2.26. The summed E-state index contributed by atoms with van der Waals surface area (Å²) in [5.74, 6) is -0.401. The molecule has 6 nitrogen and oxygen atoms in total. The van der Waals surface area contributed by atoms with Crippen molar-refractivity contribution < 1.29 is 22.7 Å². The maximum Gasteiger partial charge on any atom is 0.338 e. The summed E-state index contributed by atoms with van der Waals surface area (Å²) in [6, 6.07) is 11.9. The van der Waals surface area contributed by atoms with Crippen molar-refractivity contribution >= 4 is 27.8 Å². The summed E-state index contributed by atoms with van der Waals surface area (Å²) in [6.45, 7) is 0.113. The van der Waals surface area contributed by atoms with Crippen LogP contribution in [0.2, 0.25) is 0 Å². The number of thioether (sulfide) groups is 1. The van der Waals surface area contributed by atoms with E-state index in [1.165, 1.54) is 25.3 Å². The predicted molar refractivity (Wildman–Crippen MR) is 104 cm³/mol. The molecule has 0 unspecified atom stereocenters. The smallest absolute Gasteiger partial charge is 0.338 e. The van der Waals surface area contributed by atoms with Gasteiger partial charge in [0.2, 0.25) is 10.0 Å². The zero-order chi connectivity index (χ0) is 19.4. The first-order chi connectivity index (χ1) is 12.9. The molecule has 0 saturated heterocycles. The van der Waals surface area contributed by atoms with Gasteiger partial charge in [0.1, 0.15) is 17.3 Å². The van der Waals surface area contributed by atoms with E-state index in [2.05, 4.69) is 4.72 Å². The summed E-state index contributed by atoms with van der Waals surface area (Å²) in [4.78, 5) is 13.4. The quantitative estimate of drug-likeness (QED) is 0.535. The van der Waals surface area contributed by atoms with E-state index < -0.39 is 16.0 Å². The molecule has 1 fully saturated rings. The van der Waals surface area contributed by atoms with Crippen LogP contribution in [-0.2, 0) is 21.4 Å². The molecule has 0 aromatic heterocycles. The van der Waals surface area contributed by atoms with Gasteiger partial charge in [0.25, 0.3) is 0 Å². The van der Waals surface area contributed by atoms with Gasteiger partial charge in [-0.05, 0) is 55.0 Å². The summed E-state index contributed by atoms with van der Waals surface area (Å²) >= 11 is 1.63. The van der Waals surface area contributed by atoms with Crippen LogP contribution in [0.15, 0.2) is 52.3 Å². The lowest BCUT2D eigenvalue weighted by Gasteiger charge is -2.12. The normalized spacial score (nSPS) is 14.0. The molecule has 0 bridgehead atoms. The van der Waals surface area contributed by atoms with Crippen LogP contribution in [-0.4, -0.2) is 33.8 Å². The van der Waals surface area contributed by atoms with Crippen molar-refractivity contribution in [3.63, 3.8) is 0 Å². The molecule has 27 heavy (non-hydrogen) atoms. The number of benzene rings is 2. The molecule has 0 atom stereocenters. The Morgan fingerprint density at radius 1 is 1.19 bits per heavy atom. The zero-order valence-corrected chi connectivity index (χ0v) is 16.7. The molecule has 1 aliphatic carbocycles. The van der Waals surface area contributed by atoms with Gasteiger partial charge in [-0.1, -0.05) is 12.1 Å². The molecule has 2 aromatic carbocycles. The van der Waals surface area contributed by atoms with Crippen molar-refractivity contribution in [1.29, 1.82) is 0 Å². The third kappa shape index (κ3) is 5.03. The molecule has 2 aromatic rings. The highest BCUT2D eigenvalue weighted by Gasteiger charge is 2.30. The van der Waals surface area contributed by atoms with E-state index in [1.807, 2.05) is 30.5 Å². The first-order valence-corrected chi connectivity index (χ1v) is 11.1. The lowest BCUT2D eigenvalue weighted by molar-refractivity contribution is 0.0472. The molecular formula is C19H21NO5S2. The highest BCUT2D eigenvalue weighted by atomic mass is 32.2. The number of carbonyl (C=O) groups is 1. The van der Waals surface area contributed by atoms with E-state index in [-0.39, 0.29) is 28.9 Å². The highest BCUT2D eigenvalue weighted by molar-refractivity contribution is 7.98. The van der Waals surface area contributed by atoms with Crippen LogP contribution >= 0.6 is 11.8 Å². The summed E-state index contributed by atoms with van der Waals surface area (Å²) in [7, 11) is -2.37. The average Bonchev–Trinajstić information content (AvgIpc) is 3.49. The number of hydrogen-bond acceptors (Lipinski definition) is 6. The Kier molecular flexibility index (Phi) is 6.08. The minimum Gasteiger partial charge on any atom is -0.495 e. The van der Waals surface area contributed by atoms with E-state index in [0.29, 0.717) is 0 Å². The molecule has 3 rings (SSSR count). The number of nitrogens with one attached hydrogen (secondary N) is 1. The second kappa shape index (κ2) is 8.33. The molecule has 1 saturated carbocycles. The van der Waals surface area contributed by atoms with E-state index in [9.17, 15) is 13.2 Å². The van der Waals surface area contributed by atoms with E-state index in [1.54, 1.807) is 11.8 Å². The second-order valence-electron chi connectivity index (χ2n) is 6.19. The molecule has 1 aliphatic rings. The minimum absolute atomic E-state index is 0.0421. The standard InChI is InChI=1S/C19H21NO5S2/c1-24-17-10-5-14(11-18(17)27(22,23)20-15-6-7-15)19(21)25-12-13-3-8-16(26-2)9-4-13/h3-5,8-11,15,20H,6-7,12H2,1-2H3. The Bertz CT molecular complexity index is 922. The zero-order valence-electron chi connectivity index (χ0n) is 15.1. The fourth-order valence-corrected chi connectivity index (χ4v) is 4.36. The van der Waals surface area contributed by atoms with E-state index in [4.69, 9.17) is 9.47 Å². The third-order valence-corrected chi connectivity index (χ3v) is 6.40. The summed E-state index contributed by atoms with van der Waals surface area (Å²) < 4.78 is 38.1. The van der Waals surface area contributed by atoms with Gasteiger partial charge in [-0.25, -0.2) is 17.9 Å². The maximum absolute atomic E-state index is 12.5. The number of hydrogen-bond donors (Lipinski definition) is 1. The highest BCUT2D eigenvalue weighted by Crippen LogP contribution is 2.28. The van der Waals surface area contributed by atoms with Crippen molar-refractivity contribution in [3.8, 4) is 5.75 Å². The number of esters is 1. The molecule has 0 amide bonds. The van der Waals surface area contributed by atoms with Crippen LogP contribution in [0.3, 0.4) is 0 Å². The molecule has 0 heterocycles. The van der Waals surface area contributed by atoms with E-state index in [0.717, 1.165) is 23.3 Å². The number of methoxy groups -OCH3 is 1. The van der Waals surface area contributed by atoms with Gasteiger partial charge in [0, 0.05) is 10.9 Å². The summed E-state index contributed by atoms with van der Waals surface area (Å²) in [6.07, 6.45) is 3.62. The van der Waals surface area contributed by atoms with Gasteiger partial charge in [-0.15, -0.1) is 11.8 Å². The molecular weight excluding hydrogens is 386 g/mol. The van der Waals surface area contributed by atoms with Gasteiger partial charge in [0.15, 0.2) is 0 Å². The minimum atomic E-state index is -3.76. The van der Waals surface area contributed by atoms with Gasteiger partial charge in [-0.2, -0.15) is 0 Å². The Balaban J connectivity index is 1.74. The second-order valence-corrected chi connectivity index (χ2v) is 8.75. The van der Waals surface area contributed by atoms with Crippen LogP contribution in [0.25, 0.3) is 0 Å².